The maximum absolute atomic E-state index is 11.9. The Morgan fingerprint density at radius 2 is 2.26 bits per heavy atom. The van der Waals surface area contributed by atoms with Crippen LogP contribution in [0.3, 0.4) is 0 Å². The number of anilines is 1. The summed E-state index contributed by atoms with van der Waals surface area (Å²) in [6.07, 6.45) is 1.34. The number of fused-ring (bicyclic) bond motifs is 1. The van der Waals surface area contributed by atoms with Crippen molar-refractivity contribution in [2.75, 3.05) is 18.8 Å². The van der Waals surface area contributed by atoms with Gasteiger partial charge >= 0.3 is 0 Å². The first-order valence-electron chi connectivity index (χ1n) is 5.82. The summed E-state index contributed by atoms with van der Waals surface area (Å²) in [6, 6.07) is 5.29. The summed E-state index contributed by atoms with van der Waals surface area (Å²) >= 11 is 1.36. The van der Waals surface area contributed by atoms with Crippen molar-refractivity contribution >= 4 is 39.0 Å². The molecule has 1 aromatic heterocycles. The predicted molar refractivity (Wildman–Crippen MR) is 75.0 cm³/mol. The van der Waals surface area contributed by atoms with E-state index in [0.29, 0.717) is 36.6 Å². The second-order valence-corrected chi connectivity index (χ2v) is 4.98. The number of nitrogens with one attached hydrogen (secondary N) is 2. The Morgan fingerprint density at radius 1 is 1.42 bits per heavy atom. The summed E-state index contributed by atoms with van der Waals surface area (Å²) in [6.45, 7) is 1.07. The van der Waals surface area contributed by atoms with Gasteiger partial charge in [-0.25, -0.2) is 4.98 Å². The lowest BCUT2D eigenvalue weighted by Crippen LogP contribution is -2.26. The van der Waals surface area contributed by atoms with Crippen molar-refractivity contribution in [1.29, 1.82) is 0 Å². The van der Waals surface area contributed by atoms with E-state index in [4.69, 9.17) is 5.73 Å². The molecule has 2 amide bonds. The minimum Gasteiger partial charge on any atom is -0.375 e. The Balaban J connectivity index is 1.95. The number of hydrogen-bond donors (Lipinski definition) is 3. The van der Waals surface area contributed by atoms with Crippen molar-refractivity contribution < 1.29 is 9.59 Å². The number of hydrogen-bond acceptors (Lipinski definition) is 5. The topological polar surface area (TPSA) is 97.1 Å². The fraction of sp³-hybridized carbons (Fsp3) is 0.250. The van der Waals surface area contributed by atoms with Crippen LogP contribution in [0.15, 0.2) is 18.2 Å². The number of amides is 2. The van der Waals surface area contributed by atoms with E-state index in [1.54, 1.807) is 18.2 Å². The molecule has 0 aliphatic carbocycles. The molecule has 0 aliphatic rings. The molecule has 6 nitrogen and oxygen atoms in total. The maximum Gasteiger partial charge on any atom is 0.251 e. The number of rotatable bonds is 6. The van der Waals surface area contributed by atoms with E-state index < -0.39 is 0 Å². The summed E-state index contributed by atoms with van der Waals surface area (Å²) in [5.74, 6) is -0.139. The zero-order valence-electron chi connectivity index (χ0n) is 10.2. The van der Waals surface area contributed by atoms with Crippen LogP contribution >= 0.6 is 11.3 Å². The molecule has 0 unspecified atom stereocenters. The smallest absolute Gasteiger partial charge is 0.251 e. The van der Waals surface area contributed by atoms with E-state index in [1.807, 2.05) is 0 Å². The predicted octanol–water partition coefficient (Wildman–Crippen LogP) is 0.744. The molecule has 0 atom stereocenters. The monoisotopic (exact) mass is 278 g/mol. The largest absolute Gasteiger partial charge is 0.375 e. The van der Waals surface area contributed by atoms with Gasteiger partial charge in [-0.2, -0.15) is 0 Å². The highest BCUT2D eigenvalue weighted by Crippen LogP contribution is 2.24. The van der Waals surface area contributed by atoms with E-state index in [2.05, 4.69) is 15.6 Å². The molecule has 0 spiro atoms. The quantitative estimate of drug-likeness (QED) is 0.536. The number of aromatic nitrogens is 1. The SMILES string of the molecule is Nc1nc2ccc(C(=O)NCCCNC=O)cc2s1. The van der Waals surface area contributed by atoms with Crippen LogP contribution in [0.5, 0.6) is 0 Å². The summed E-state index contributed by atoms with van der Waals surface area (Å²) in [7, 11) is 0. The van der Waals surface area contributed by atoms with Crippen LogP contribution in [0.4, 0.5) is 5.13 Å². The first-order chi connectivity index (χ1) is 9.20. The third kappa shape index (κ3) is 3.41. The lowest BCUT2D eigenvalue weighted by atomic mass is 10.2. The minimum absolute atomic E-state index is 0.139. The molecule has 1 aromatic carbocycles. The number of nitrogen functional groups attached to an aromatic ring is 1. The van der Waals surface area contributed by atoms with Crippen LogP contribution in [0.25, 0.3) is 10.2 Å². The molecule has 0 aliphatic heterocycles. The van der Waals surface area contributed by atoms with Crippen LogP contribution < -0.4 is 16.4 Å². The van der Waals surface area contributed by atoms with Gasteiger partial charge in [0.1, 0.15) is 0 Å². The Bertz CT molecular complexity index is 596. The molecule has 0 bridgehead atoms. The summed E-state index contributed by atoms with van der Waals surface area (Å²) in [4.78, 5) is 26.0. The van der Waals surface area contributed by atoms with Crippen LogP contribution in [0.1, 0.15) is 16.8 Å². The zero-order chi connectivity index (χ0) is 13.7. The van der Waals surface area contributed by atoms with Crippen LogP contribution in [-0.2, 0) is 4.79 Å². The van der Waals surface area contributed by atoms with Crippen molar-refractivity contribution in [3.8, 4) is 0 Å². The molecule has 19 heavy (non-hydrogen) atoms. The second kappa shape index (κ2) is 6.14. The zero-order valence-corrected chi connectivity index (χ0v) is 11.0. The van der Waals surface area contributed by atoms with Crippen molar-refractivity contribution in [3.63, 3.8) is 0 Å². The Hall–Kier alpha value is -2.15. The summed E-state index contributed by atoms with van der Waals surface area (Å²) in [5, 5.41) is 5.82. The number of thiazole rings is 1. The number of nitrogens with two attached hydrogens (primary N) is 1. The molecule has 0 radical (unpaired) electrons. The van der Waals surface area contributed by atoms with Gasteiger partial charge in [0.15, 0.2) is 5.13 Å². The van der Waals surface area contributed by atoms with Gasteiger partial charge in [-0.05, 0) is 24.6 Å². The van der Waals surface area contributed by atoms with E-state index >= 15 is 0 Å². The van der Waals surface area contributed by atoms with Gasteiger partial charge in [-0.3, -0.25) is 9.59 Å². The van der Waals surface area contributed by atoms with Gasteiger partial charge in [0, 0.05) is 18.7 Å². The number of benzene rings is 1. The van der Waals surface area contributed by atoms with Crippen LogP contribution in [0, 0.1) is 0 Å². The third-order valence-corrected chi connectivity index (χ3v) is 3.38. The van der Waals surface area contributed by atoms with Gasteiger partial charge in [-0.15, -0.1) is 0 Å². The first-order valence-corrected chi connectivity index (χ1v) is 6.63. The second-order valence-electron chi connectivity index (χ2n) is 3.92. The van der Waals surface area contributed by atoms with Crippen molar-refractivity contribution in [1.82, 2.24) is 15.6 Å². The van der Waals surface area contributed by atoms with Gasteiger partial charge in [0.25, 0.3) is 5.91 Å². The van der Waals surface area contributed by atoms with E-state index in [9.17, 15) is 9.59 Å². The average Bonchev–Trinajstić information content (AvgIpc) is 2.77. The minimum atomic E-state index is -0.139. The van der Waals surface area contributed by atoms with E-state index in [-0.39, 0.29) is 5.91 Å². The van der Waals surface area contributed by atoms with Crippen LogP contribution in [-0.4, -0.2) is 30.4 Å². The molecule has 2 aromatic rings. The molecular formula is C12H14N4O2S. The van der Waals surface area contributed by atoms with Gasteiger partial charge in [0.2, 0.25) is 6.41 Å². The number of carbonyl (C=O) groups excluding carboxylic acids is 2. The number of carbonyl (C=O) groups is 2. The lowest BCUT2D eigenvalue weighted by Gasteiger charge is -2.04. The van der Waals surface area contributed by atoms with Gasteiger partial charge in [0.05, 0.1) is 10.2 Å². The summed E-state index contributed by atoms with van der Waals surface area (Å²) in [5.41, 5.74) is 7.00. The molecule has 2 rings (SSSR count). The lowest BCUT2D eigenvalue weighted by molar-refractivity contribution is -0.109. The molecule has 1 heterocycles. The Labute approximate surface area is 114 Å². The van der Waals surface area contributed by atoms with Crippen molar-refractivity contribution in [2.45, 2.75) is 6.42 Å². The molecular weight excluding hydrogens is 264 g/mol. The highest BCUT2D eigenvalue weighted by molar-refractivity contribution is 7.22. The van der Waals surface area contributed by atoms with Crippen molar-refractivity contribution in [2.24, 2.45) is 0 Å². The normalized spacial score (nSPS) is 10.3. The summed E-state index contributed by atoms with van der Waals surface area (Å²) < 4.78 is 0.896. The third-order valence-electron chi connectivity index (χ3n) is 2.53. The highest BCUT2D eigenvalue weighted by atomic mass is 32.1. The van der Waals surface area contributed by atoms with Gasteiger partial charge in [-0.1, -0.05) is 11.3 Å². The fourth-order valence-electron chi connectivity index (χ4n) is 1.64. The molecule has 100 valence electrons. The molecule has 7 heteroatoms. The molecule has 0 saturated heterocycles. The standard InChI is InChI=1S/C12H14N4O2S/c13-12-16-9-3-2-8(6-10(9)19-12)11(18)15-5-1-4-14-7-17/h2-3,6-7H,1,4-5H2,(H2,13,16)(H,14,17)(H,15,18). The van der Waals surface area contributed by atoms with Gasteiger partial charge < -0.3 is 16.4 Å². The molecule has 4 N–H and O–H groups in total. The Morgan fingerprint density at radius 3 is 3.05 bits per heavy atom. The molecule has 0 fully saturated rings. The Kier molecular flexibility index (Phi) is 4.30. The maximum atomic E-state index is 11.9. The highest BCUT2D eigenvalue weighted by Gasteiger charge is 2.08. The van der Waals surface area contributed by atoms with Crippen LogP contribution in [0.2, 0.25) is 0 Å². The van der Waals surface area contributed by atoms with Crippen molar-refractivity contribution in [3.05, 3.63) is 23.8 Å². The first kappa shape index (κ1) is 13.3. The van der Waals surface area contributed by atoms with E-state index in [1.165, 1.54) is 11.3 Å². The average molecular weight is 278 g/mol. The molecule has 0 saturated carbocycles. The number of nitrogens with zero attached hydrogens (tertiary/aromatic N) is 1. The van der Waals surface area contributed by atoms with E-state index in [0.717, 1.165) is 10.2 Å². The fourth-order valence-corrected chi connectivity index (χ4v) is 2.41.